The average Bonchev–Trinajstić information content (AvgIpc) is 3.68. The SMILES string of the molecule is C=C[C@@H]1C[C@]1(CC(=O)[C@@H]1C[C@@H]2CN1C(=O)[C@H](CCCC)CC(=O)OCCCC/C=C/c1ccc3nc(-c4ccccc4)cc(c3c1)O2)C(C)=O. The van der Waals surface area contributed by atoms with Crippen molar-refractivity contribution in [3.63, 3.8) is 0 Å². The van der Waals surface area contributed by atoms with E-state index in [-0.39, 0.29) is 49.2 Å². The van der Waals surface area contributed by atoms with Crippen LogP contribution in [0.3, 0.4) is 0 Å². The van der Waals surface area contributed by atoms with Gasteiger partial charge in [0.05, 0.1) is 36.8 Å². The Balaban J connectivity index is 1.39. The maximum absolute atomic E-state index is 14.4. The number of carbonyl (C=O) groups excluding carboxylic acids is 4. The molecule has 2 fully saturated rings. The molecule has 1 saturated heterocycles. The van der Waals surface area contributed by atoms with Crippen LogP contribution in [-0.4, -0.2) is 58.6 Å². The number of unbranched alkanes of at least 4 members (excludes halogenated alkanes) is 1. The molecule has 2 aliphatic heterocycles. The first-order chi connectivity index (χ1) is 24.2. The maximum atomic E-state index is 14.4. The molecule has 1 saturated carbocycles. The van der Waals surface area contributed by atoms with Crippen molar-refractivity contribution in [3.8, 4) is 17.0 Å². The van der Waals surface area contributed by atoms with Gasteiger partial charge in [-0.2, -0.15) is 0 Å². The summed E-state index contributed by atoms with van der Waals surface area (Å²) >= 11 is 0. The lowest BCUT2D eigenvalue weighted by atomic mass is 9.88. The second-order valence-corrected chi connectivity index (χ2v) is 14.2. The molecule has 8 heteroatoms. The molecule has 1 aliphatic carbocycles. The molecule has 1 aromatic heterocycles. The fourth-order valence-electron chi connectivity index (χ4n) is 7.61. The highest BCUT2D eigenvalue weighted by Crippen LogP contribution is 2.57. The number of hydrogen-bond donors (Lipinski definition) is 0. The zero-order valence-corrected chi connectivity index (χ0v) is 29.3. The van der Waals surface area contributed by atoms with Crippen LogP contribution in [0, 0.1) is 17.3 Å². The summed E-state index contributed by atoms with van der Waals surface area (Å²) in [4.78, 5) is 61.0. The number of esters is 1. The van der Waals surface area contributed by atoms with Crippen molar-refractivity contribution in [2.75, 3.05) is 13.2 Å². The standard InChI is InChI=1S/C42H48N2O6/c1-4-6-15-31-22-40(47)49-20-13-8-7-10-14-29-18-19-35-34(21-29)39(24-36(43-35)30-16-11-9-12-17-30)50-33-23-37(44(27-33)41(31)48)38(46)26-42(28(3)45)25-32(42)5-2/h5,9-12,14,16-19,21,24,31-33,37H,2,4,6-8,13,15,20,22-23,25-27H2,1,3H3/b14-10+/t31-,32-,33-,37+,42+/m1/s1. The van der Waals surface area contributed by atoms with E-state index in [2.05, 4.69) is 24.8 Å². The minimum absolute atomic E-state index is 0.0299. The highest BCUT2D eigenvalue weighted by atomic mass is 16.5. The Hall–Kier alpha value is -4.59. The third kappa shape index (κ3) is 7.74. The highest BCUT2D eigenvalue weighted by Gasteiger charge is 2.58. The third-order valence-corrected chi connectivity index (χ3v) is 10.7. The molecule has 3 heterocycles. The van der Waals surface area contributed by atoms with Crippen molar-refractivity contribution in [3.05, 3.63) is 78.9 Å². The minimum atomic E-state index is -0.777. The van der Waals surface area contributed by atoms with Crippen molar-refractivity contribution < 1.29 is 28.7 Å². The van der Waals surface area contributed by atoms with Gasteiger partial charge in [-0.1, -0.05) is 74.4 Å². The van der Waals surface area contributed by atoms with E-state index in [0.717, 1.165) is 59.8 Å². The van der Waals surface area contributed by atoms with Gasteiger partial charge < -0.3 is 14.4 Å². The average molecular weight is 677 g/mol. The summed E-state index contributed by atoms with van der Waals surface area (Å²) < 4.78 is 12.4. The number of hydrogen-bond acceptors (Lipinski definition) is 7. The van der Waals surface area contributed by atoms with E-state index < -0.39 is 29.4 Å². The molecule has 5 atom stereocenters. The molecule has 0 spiro atoms. The van der Waals surface area contributed by atoms with E-state index in [9.17, 15) is 19.2 Å². The van der Waals surface area contributed by atoms with E-state index in [1.807, 2.05) is 55.5 Å². The summed E-state index contributed by atoms with van der Waals surface area (Å²) in [7, 11) is 0. The van der Waals surface area contributed by atoms with Gasteiger partial charge >= 0.3 is 5.97 Å². The van der Waals surface area contributed by atoms with Gasteiger partial charge in [-0.15, -0.1) is 6.58 Å². The first-order valence-electron chi connectivity index (χ1n) is 18.2. The molecule has 2 aromatic carbocycles. The van der Waals surface area contributed by atoms with Gasteiger partial charge in [0, 0.05) is 41.2 Å². The van der Waals surface area contributed by atoms with E-state index in [4.69, 9.17) is 14.5 Å². The molecule has 3 aromatic rings. The van der Waals surface area contributed by atoms with Crippen LogP contribution < -0.4 is 4.74 Å². The van der Waals surface area contributed by atoms with Crippen molar-refractivity contribution in [1.82, 2.24) is 9.88 Å². The predicted molar refractivity (Wildman–Crippen MR) is 194 cm³/mol. The van der Waals surface area contributed by atoms with Gasteiger partial charge in [0.15, 0.2) is 5.78 Å². The van der Waals surface area contributed by atoms with E-state index in [0.29, 0.717) is 25.2 Å². The molecule has 4 bridgehead atoms. The van der Waals surface area contributed by atoms with Gasteiger partial charge in [0.25, 0.3) is 0 Å². The van der Waals surface area contributed by atoms with Crippen LogP contribution >= 0.6 is 0 Å². The molecule has 0 radical (unpaired) electrons. The van der Waals surface area contributed by atoms with Gasteiger partial charge in [0.1, 0.15) is 17.6 Å². The number of nitrogens with zero attached hydrogens (tertiary/aromatic N) is 2. The number of carbonyl (C=O) groups is 4. The van der Waals surface area contributed by atoms with Crippen LogP contribution in [0.4, 0.5) is 0 Å². The number of ketones is 2. The van der Waals surface area contributed by atoms with Crippen molar-refractivity contribution in [2.24, 2.45) is 17.3 Å². The molecule has 1 amide bonds. The Kier molecular flexibility index (Phi) is 10.9. The first-order valence-corrected chi connectivity index (χ1v) is 18.2. The number of Topliss-reactive ketones (excluding diaryl/α,β-unsaturated/α-hetero) is 2. The topological polar surface area (TPSA) is 103 Å². The van der Waals surface area contributed by atoms with E-state index >= 15 is 0 Å². The second kappa shape index (κ2) is 15.5. The summed E-state index contributed by atoms with van der Waals surface area (Å²) in [5.74, 6) is -0.844. The lowest BCUT2D eigenvalue weighted by Gasteiger charge is -2.28. The lowest BCUT2D eigenvalue weighted by Crippen LogP contribution is -2.45. The number of aromatic nitrogens is 1. The zero-order valence-electron chi connectivity index (χ0n) is 29.3. The van der Waals surface area contributed by atoms with Crippen LogP contribution in [0.25, 0.3) is 28.2 Å². The zero-order chi connectivity index (χ0) is 35.3. The number of fused-ring (bicyclic) bond motifs is 3. The Labute approximate surface area is 294 Å². The molecule has 0 unspecified atom stereocenters. The Morgan fingerprint density at radius 2 is 1.92 bits per heavy atom. The van der Waals surface area contributed by atoms with Crippen LogP contribution in [-0.2, 0) is 23.9 Å². The Morgan fingerprint density at radius 1 is 1.10 bits per heavy atom. The van der Waals surface area contributed by atoms with Gasteiger partial charge in [-0.3, -0.25) is 19.2 Å². The fourth-order valence-corrected chi connectivity index (χ4v) is 7.61. The molecular formula is C42H48N2O6. The smallest absolute Gasteiger partial charge is 0.306 e. The summed E-state index contributed by atoms with van der Waals surface area (Å²) in [6, 6.07) is 17.2. The number of rotatable bonds is 9. The molecule has 3 aliphatic rings. The Bertz CT molecular complexity index is 1780. The minimum Gasteiger partial charge on any atom is -0.488 e. The van der Waals surface area contributed by atoms with Gasteiger partial charge in [-0.25, -0.2) is 4.98 Å². The predicted octanol–water partition coefficient (Wildman–Crippen LogP) is 7.93. The maximum Gasteiger partial charge on any atom is 0.306 e. The monoisotopic (exact) mass is 676 g/mol. The summed E-state index contributed by atoms with van der Waals surface area (Å²) in [5.41, 5.74) is 2.74. The summed E-state index contributed by atoms with van der Waals surface area (Å²) in [5, 5.41) is 0.847. The first kappa shape index (κ1) is 35.2. The summed E-state index contributed by atoms with van der Waals surface area (Å²) in [6.45, 7) is 7.96. The van der Waals surface area contributed by atoms with E-state index in [1.54, 1.807) is 11.0 Å². The number of pyridine rings is 1. The molecule has 8 nitrogen and oxygen atoms in total. The molecule has 0 N–H and O–H groups in total. The highest BCUT2D eigenvalue weighted by molar-refractivity contribution is 5.97. The van der Waals surface area contributed by atoms with Gasteiger partial charge in [0.2, 0.25) is 5.91 Å². The van der Waals surface area contributed by atoms with Crippen molar-refractivity contribution in [1.29, 1.82) is 0 Å². The van der Waals surface area contributed by atoms with E-state index in [1.165, 1.54) is 6.92 Å². The number of cyclic esters (lactones) is 1. The largest absolute Gasteiger partial charge is 0.488 e. The van der Waals surface area contributed by atoms with Gasteiger partial charge in [-0.05, 0) is 62.6 Å². The molecule has 262 valence electrons. The van der Waals surface area contributed by atoms with Crippen LogP contribution in [0.1, 0.15) is 83.6 Å². The second-order valence-electron chi connectivity index (χ2n) is 14.2. The Morgan fingerprint density at radius 3 is 2.66 bits per heavy atom. The normalized spacial score (nSPS) is 26.3. The van der Waals surface area contributed by atoms with Crippen molar-refractivity contribution >= 4 is 40.4 Å². The van der Waals surface area contributed by atoms with Crippen LogP contribution in [0.15, 0.2) is 73.3 Å². The quantitative estimate of drug-likeness (QED) is 0.168. The van der Waals surface area contributed by atoms with Crippen molar-refractivity contribution in [2.45, 2.75) is 90.2 Å². The number of allylic oxidation sites excluding steroid dienone is 2. The number of ether oxygens (including phenoxy) is 2. The molecule has 50 heavy (non-hydrogen) atoms. The van der Waals surface area contributed by atoms with Crippen LogP contribution in [0.2, 0.25) is 0 Å². The number of benzene rings is 2. The molecular weight excluding hydrogens is 628 g/mol. The summed E-state index contributed by atoms with van der Waals surface area (Å²) in [6.07, 6.45) is 10.9. The fraction of sp³-hybridized carbons (Fsp3) is 0.452. The molecule has 6 rings (SSSR count). The third-order valence-electron chi connectivity index (χ3n) is 10.7. The van der Waals surface area contributed by atoms with Crippen LogP contribution in [0.5, 0.6) is 5.75 Å². The lowest BCUT2D eigenvalue weighted by molar-refractivity contribution is -0.150. The number of amides is 1.